The van der Waals surface area contributed by atoms with Crippen LogP contribution in [0, 0.1) is 0 Å². The molecule has 22 heavy (non-hydrogen) atoms. The van der Waals surface area contributed by atoms with Crippen LogP contribution in [0.15, 0.2) is 30.3 Å². The summed E-state index contributed by atoms with van der Waals surface area (Å²) >= 11 is 0. The molecule has 0 aliphatic carbocycles. The van der Waals surface area contributed by atoms with E-state index in [1.54, 1.807) is 7.11 Å². The Morgan fingerprint density at radius 1 is 1.36 bits per heavy atom. The lowest BCUT2D eigenvalue weighted by atomic mass is 9.85. The predicted molar refractivity (Wildman–Crippen MR) is 79.1 cm³/mol. The molecule has 6 heteroatoms. The van der Waals surface area contributed by atoms with Crippen molar-refractivity contribution in [1.29, 1.82) is 0 Å². The first kappa shape index (κ1) is 15.9. The maximum atomic E-state index is 10.2. The number of fused-ring (bicyclic) bond motifs is 2. The van der Waals surface area contributed by atoms with E-state index in [0.717, 1.165) is 5.56 Å². The Kier molecular flexibility index (Phi) is 4.77. The summed E-state index contributed by atoms with van der Waals surface area (Å²) in [5, 5.41) is 10.2. The van der Waals surface area contributed by atoms with Crippen molar-refractivity contribution in [2.75, 3.05) is 20.3 Å². The summed E-state index contributed by atoms with van der Waals surface area (Å²) in [5.74, 6) is 0. The molecule has 2 saturated heterocycles. The van der Waals surface area contributed by atoms with Gasteiger partial charge in [0.1, 0.15) is 5.60 Å². The molecule has 0 spiro atoms. The van der Waals surface area contributed by atoms with Crippen LogP contribution in [-0.4, -0.2) is 55.6 Å². The van der Waals surface area contributed by atoms with Gasteiger partial charge in [0.2, 0.25) is 0 Å². The van der Waals surface area contributed by atoms with Crippen LogP contribution >= 0.6 is 0 Å². The third kappa shape index (κ3) is 3.03. The molecule has 0 aromatic heterocycles. The van der Waals surface area contributed by atoms with Crippen LogP contribution in [0.3, 0.4) is 0 Å². The van der Waals surface area contributed by atoms with E-state index in [9.17, 15) is 5.11 Å². The van der Waals surface area contributed by atoms with Gasteiger partial charge in [-0.15, -0.1) is 0 Å². The summed E-state index contributed by atoms with van der Waals surface area (Å²) in [6, 6.07) is 9.45. The molecule has 2 heterocycles. The summed E-state index contributed by atoms with van der Waals surface area (Å²) in [6.07, 6.45) is -1.23. The second-order valence-corrected chi connectivity index (χ2v) is 5.95. The first-order valence-electron chi connectivity index (χ1n) is 7.52. The topological polar surface area (TPSA) is 83.2 Å². The van der Waals surface area contributed by atoms with E-state index in [2.05, 4.69) is 0 Å². The molecule has 5 atom stereocenters. The predicted octanol–water partition coefficient (Wildman–Crippen LogP) is 0.422. The van der Waals surface area contributed by atoms with Gasteiger partial charge in [0.05, 0.1) is 38.1 Å². The molecule has 2 bridgehead atoms. The molecule has 0 amide bonds. The summed E-state index contributed by atoms with van der Waals surface area (Å²) in [7, 11) is 1.56. The molecule has 0 radical (unpaired) electrons. The maximum absolute atomic E-state index is 10.2. The first-order chi connectivity index (χ1) is 10.6. The quantitative estimate of drug-likeness (QED) is 0.820. The molecule has 3 rings (SSSR count). The van der Waals surface area contributed by atoms with Gasteiger partial charge in [-0.3, -0.25) is 0 Å². The van der Waals surface area contributed by atoms with Crippen LogP contribution in [0.4, 0.5) is 0 Å². The van der Waals surface area contributed by atoms with Crippen molar-refractivity contribution in [1.82, 2.24) is 0 Å². The van der Waals surface area contributed by atoms with Gasteiger partial charge in [-0.25, -0.2) is 0 Å². The highest BCUT2D eigenvalue weighted by molar-refractivity contribution is 5.13. The van der Waals surface area contributed by atoms with Crippen molar-refractivity contribution in [2.24, 2.45) is 5.73 Å². The SMILES string of the molecule is CO[C@@H]1OC[C@@H]2O[C@@]1(COCc1ccccc1)C[C@@H](O)[C@H]2N. The summed E-state index contributed by atoms with van der Waals surface area (Å²) in [4.78, 5) is 0. The minimum atomic E-state index is -0.818. The Morgan fingerprint density at radius 3 is 2.86 bits per heavy atom. The number of hydrogen-bond donors (Lipinski definition) is 2. The fraction of sp³-hybridized carbons (Fsp3) is 0.625. The highest BCUT2D eigenvalue weighted by atomic mass is 16.7. The maximum Gasteiger partial charge on any atom is 0.188 e. The highest BCUT2D eigenvalue weighted by Gasteiger charge is 2.54. The van der Waals surface area contributed by atoms with E-state index in [0.29, 0.717) is 19.6 Å². The van der Waals surface area contributed by atoms with E-state index >= 15 is 0 Å². The van der Waals surface area contributed by atoms with Crippen LogP contribution in [-0.2, 0) is 25.6 Å². The normalized spacial score (nSPS) is 38.0. The lowest BCUT2D eigenvalue weighted by molar-refractivity contribution is -0.349. The van der Waals surface area contributed by atoms with Crippen molar-refractivity contribution in [3.8, 4) is 0 Å². The molecule has 2 aliphatic rings. The molecule has 3 N–H and O–H groups in total. The van der Waals surface area contributed by atoms with Crippen LogP contribution < -0.4 is 5.73 Å². The average molecular weight is 309 g/mol. The van der Waals surface area contributed by atoms with Crippen molar-refractivity contribution >= 4 is 0 Å². The fourth-order valence-corrected chi connectivity index (χ4v) is 3.16. The van der Waals surface area contributed by atoms with Crippen LogP contribution in [0.2, 0.25) is 0 Å². The number of nitrogens with two attached hydrogens (primary N) is 1. The molecule has 6 nitrogen and oxygen atoms in total. The zero-order valence-corrected chi connectivity index (χ0v) is 12.7. The third-order valence-corrected chi connectivity index (χ3v) is 4.33. The van der Waals surface area contributed by atoms with Gasteiger partial charge >= 0.3 is 0 Å². The molecule has 2 aliphatic heterocycles. The molecular weight excluding hydrogens is 286 g/mol. The number of ether oxygens (including phenoxy) is 4. The van der Waals surface area contributed by atoms with Crippen molar-refractivity contribution in [2.45, 2.75) is 43.2 Å². The van der Waals surface area contributed by atoms with Gasteiger partial charge in [0, 0.05) is 13.5 Å². The molecule has 0 unspecified atom stereocenters. The van der Waals surface area contributed by atoms with Crippen molar-refractivity contribution in [3.63, 3.8) is 0 Å². The number of benzene rings is 1. The number of methoxy groups -OCH3 is 1. The lowest BCUT2D eigenvalue weighted by Crippen LogP contribution is -2.69. The average Bonchev–Trinajstić information content (AvgIpc) is 2.54. The van der Waals surface area contributed by atoms with E-state index in [-0.39, 0.29) is 12.7 Å². The Labute approximate surface area is 130 Å². The third-order valence-electron chi connectivity index (χ3n) is 4.33. The fourth-order valence-electron chi connectivity index (χ4n) is 3.16. The van der Waals surface area contributed by atoms with Gasteiger partial charge in [-0.2, -0.15) is 0 Å². The van der Waals surface area contributed by atoms with Gasteiger partial charge in [-0.05, 0) is 5.56 Å². The Morgan fingerprint density at radius 2 is 2.14 bits per heavy atom. The van der Waals surface area contributed by atoms with Crippen LogP contribution in [0.25, 0.3) is 0 Å². The molecule has 1 aromatic rings. The number of aliphatic hydroxyl groups excluding tert-OH is 1. The smallest absolute Gasteiger partial charge is 0.188 e. The minimum Gasteiger partial charge on any atom is -0.391 e. The molecule has 1 aromatic carbocycles. The Bertz CT molecular complexity index is 481. The summed E-state index contributed by atoms with van der Waals surface area (Å²) in [5.41, 5.74) is 6.22. The van der Waals surface area contributed by atoms with Crippen LogP contribution in [0.5, 0.6) is 0 Å². The molecular formula is C16H23NO5. The molecule has 0 saturated carbocycles. The van der Waals surface area contributed by atoms with E-state index < -0.39 is 24.0 Å². The number of rotatable bonds is 5. The molecule has 2 fully saturated rings. The summed E-state index contributed by atoms with van der Waals surface area (Å²) in [6.45, 7) is 1.06. The zero-order chi connectivity index (χ0) is 15.6. The van der Waals surface area contributed by atoms with Gasteiger partial charge in [0.25, 0.3) is 0 Å². The Hall–Kier alpha value is -1.02. The van der Waals surface area contributed by atoms with Crippen molar-refractivity contribution < 1.29 is 24.1 Å². The molecule has 122 valence electrons. The first-order valence-corrected chi connectivity index (χ1v) is 7.52. The Balaban J connectivity index is 1.67. The largest absolute Gasteiger partial charge is 0.391 e. The summed E-state index contributed by atoms with van der Waals surface area (Å²) < 4.78 is 23.0. The van der Waals surface area contributed by atoms with E-state index in [1.165, 1.54) is 0 Å². The standard InChI is InChI=1S/C16H23NO5/c1-19-15-16(10-20-8-11-5-3-2-4-6-11)7-12(18)14(17)13(22-16)9-21-15/h2-6,12-15,18H,7-10,17H2,1H3/t12-,13+,14-,15-,16-/m1/s1. The second-order valence-electron chi connectivity index (χ2n) is 5.95. The number of hydrogen-bond acceptors (Lipinski definition) is 6. The van der Waals surface area contributed by atoms with Gasteiger partial charge < -0.3 is 29.8 Å². The second kappa shape index (κ2) is 6.62. The van der Waals surface area contributed by atoms with E-state index in [4.69, 9.17) is 24.7 Å². The van der Waals surface area contributed by atoms with Crippen molar-refractivity contribution in [3.05, 3.63) is 35.9 Å². The zero-order valence-electron chi connectivity index (χ0n) is 12.7. The van der Waals surface area contributed by atoms with Crippen LogP contribution in [0.1, 0.15) is 12.0 Å². The lowest BCUT2D eigenvalue weighted by Gasteiger charge is -2.52. The highest BCUT2D eigenvalue weighted by Crippen LogP contribution is 2.37. The van der Waals surface area contributed by atoms with Gasteiger partial charge in [-0.1, -0.05) is 30.3 Å². The number of aliphatic hydroxyl groups is 1. The van der Waals surface area contributed by atoms with Gasteiger partial charge in [0.15, 0.2) is 6.29 Å². The monoisotopic (exact) mass is 309 g/mol. The minimum absolute atomic E-state index is 0.278. The van der Waals surface area contributed by atoms with E-state index in [1.807, 2.05) is 30.3 Å².